The van der Waals surface area contributed by atoms with Crippen molar-refractivity contribution in [1.82, 2.24) is 0 Å². The van der Waals surface area contributed by atoms with Gasteiger partial charge in [-0.2, -0.15) is 0 Å². The van der Waals surface area contributed by atoms with Crippen molar-refractivity contribution in [3.8, 4) is 5.75 Å². The van der Waals surface area contributed by atoms with Gasteiger partial charge in [-0.25, -0.2) is 0 Å². The standard InChI is InChI=1S/C13H19ClO2/c1-8(2)11(7-15)10-6-12(14)9(3)5-13(10)16-4/h5-6,8,11,15H,7H2,1-4H3. The number of hydrogen-bond acceptors (Lipinski definition) is 2. The van der Waals surface area contributed by atoms with Gasteiger partial charge in [0.25, 0.3) is 0 Å². The highest BCUT2D eigenvalue weighted by atomic mass is 35.5. The second kappa shape index (κ2) is 5.55. The summed E-state index contributed by atoms with van der Waals surface area (Å²) in [5.74, 6) is 1.21. The summed E-state index contributed by atoms with van der Waals surface area (Å²) in [5.41, 5.74) is 1.97. The minimum Gasteiger partial charge on any atom is -0.496 e. The maximum atomic E-state index is 9.43. The number of halogens is 1. The van der Waals surface area contributed by atoms with Crippen molar-refractivity contribution < 1.29 is 9.84 Å². The molecule has 0 radical (unpaired) electrons. The van der Waals surface area contributed by atoms with Crippen molar-refractivity contribution in [1.29, 1.82) is 0 Å². The maximum absolute atomic E-state index is 9.43. The first-order valence-electron chi connectivity index (χ1n) is 5.46. The minimum atomic E-state index is 0.0630. The fourth-order valence-electron chi connectivity index (χ4n) is 1.81. The highest BCUT2D eigenvalue weighted by Gasteiger charge is 2.20. The molecule has 0 amide bonds. The van der Waals surface area contributed by atoms with Crippen LogP contribution in [0.3, 0.4) is 0 Å². The summed E-state index contributed by atoms with van der Waals surface area (Å²) < 4.78 is 5.34. The lowest BCUT2D eigenvalue weighted by atomic mass is 9.88. The molecule has 0 heterocycles. The third kappa shape index (κ3) is 2.69. The number of aryl methyl sites for hydroxylation is 1. The second-order valence-corrected chi connectivity index (χ2v) is 4.78. The van der Waals surface area contributed by atoms with E-state index in [1.807, 2.05) is 19.1 Å². The molecule has 0 spiro atoms. The Kier molecular flexibility index (Phi) is 4.63. The average Bonchev–Trinajstić information content (AvgIpc) is 2.23. The van der Waals surface area contributed by atoms with Crippen LogP contribution in [0.4, 0.5) is 0 Å². The molecule has 1 N–H and O–H groups in total. The van der Waals surface area contributed by atoms with Gasteiger partial charge in [0.15, 0.2) is 0 Å². The molecule has 1 aromatic carbocycles. The number of methoxy groups -OCH3 is 1. The molecule has 0 saturated heterocycles. The third-order valence-electron chi connectivity index (χ3n) is 2.91. The smallest absolute Gasteiger partial charge is 0.122 e. The van der Waals surface area contributed by atoms with Gasteiger partial charge in [-0.05, 0) is 30.5 Å². The summed E-state index contributed by atoms with van der Waals surface area (Å²) in [4.78, 5) is 0. The molecule has 1 atom stereocenters. The van der Waals surface area contributed by atoms with Gasteiger partial charge >= 0.3 is 0 Å². The largest absolute Gasteiger partial charge is 0.496 e. The van der Waals surface area contributed by atoms with Crippen LogP contribution in [0, 0.1) is 12.8 Å². The van der Waals surface area contributed by atoms with Gasteiger partial charge in [0.1, 0.15) is 5.75 Å². The Hall–Kier alpha value is -0.730. The highest BCUT2D eigenvalue weighted by Crippen LogP contribution is 2.35. The van der Waals surface area contributed by atoms with Crippen molar-refractivity contribution in [2.45, 2.75) is 26.7 Å². The molecule has 16 heavy (non-hydrogen) atoms. The zero-order valence-corrected chi connectivity index (χ0v) is 11.0. The van der Waals surface area contributed by atoms with Gasteiger partial charge in [0.05, 0.1) is 13.7 Å². The first-order chi connectivity index (χ1) is 7.51. The summed E-state index contributed by atoms with van der Waals surface area (Å²) in [6.07, 6.45) is 0. The van der Waals surface area contributed by atoms with E-state index in [1.54, 1.807) is 7.11 Å². The summed E-state index contributed by atoms with van der Waals surface area (Å²) in [5, 5.41) is 10.1. The molecular weight excluding hydrogens is 224 g/mol. The van der Waals surface area contributed by atoms with Crippen LogP contribution in [-0.4, -0.2) is 18.8 Å². The molecule has 2 nitrogen and oxygen atoms in total. The molecular formula is C13H19ClO2. The third-order valence-corrected chi connectivity index (χ3v) is 3.32. The van der Waals surface area contributed by atoms with Gasteiger partial charge in [0, 0.05) is 16.5 Å². The Bertz CT molecular complexity index is 361. The van der Waals surface area contributed by atoms with Crippen LogP contribution in [0.2, 0.25) is 5.02 Å². The van der Waals surface area contributed by atoms with Crippen molar-refractivity contribution in [3.05, 3.63) is 28.3 Å². The molecule has 3 heteroatoms. The van der Waals surface area contributed by atoms with E-state index in [2.05, 4.69) is 13.8 Å². The zero-order chi connectivity index (χ0) is 12.3. The lowest BCUT2D eigenvalue weighted by Crippen LogP contribution is -2.12. The Labute approximate surface area is 102 Å². The summed E-state index contributed by atoms with van der Waals surface area (Å²) in [7, 11) is 1.64. The Balaban J connectivity index is 3.24. The van der Waals surface area contributed by atoms with E-state index in [0.717, 1.165) is 21.9 Å². The van der Waals surface area contributed by atoms with Crippen molar-refractivity contribution in [2.75, 3.05) is 13.7 Å². The van der Waals surface area contributed by atoms with Gasteiger partial charge in [-0.1, -0.05) is 25.4 Å². The fraction of sp³-hybridized carbons (Fsp3) is 0.538. The molecule has 1 aromatic rings. The number of benzene rings is 1. The molecule has 1 unspecified atom stereocenters. The van der Waals surface area contributed by atoms with E-state index >= 15 is 0 Å². The number of hydrogen-bond donors (Lipinski definition) is 1. The Morgan fingerprint density at radius 1 is 1.38 bits per heavy atom. The molecule has 0 fully saturated rings. The molecule has 0 saturated carbocycles. The van der Waals surface area contributed by atoms with Crippen LogP contribution in [-0.2, 0) is 0 Å². The van der Waals surface area contributed by atoms with Crippen molar-refractivity contribution in [3.63, 3.8) is 0 Å². The van der Waals surface area contributed by atoms with Crippen LogP contribution in [0.15, 0.2) is 12.1 Å². The number of ether oxygens (including phenoxy) is 1. The van der Waals surface area contributed by atoms with Crippen LogP contribution in [0.5, 0.6) is 5.75 Å². The summed E-state index contributed by atoms with van der Waals surface area (Å²) in [6, 6.07) is 3.82. The SMILES string of the molecule is COc1cc(C)c(Cl)cc1C(CO)C(C)C. The Morgan fingerprint density at radius 2 is 2.00 bits per heavy atom. The molecule has 0 aliphatic heterocycles. The molecule has 90 valence electrons. The number of aliphatic hydroxyl groups excluding tert-OH is 1. The monoisotopic (exact) mass is 242 g/mol. The van der Waals surface area contributed by atoms with Gasteiger partial charge in [-0.3, -0.25) is 0 Å². The van der Waals surface area contributed by atoms with Gasteiger partial charge < -0.3 is 9.84 Å². The molecule has 0 aromatic heterocycles. The average molecular weight is 243 g/mol. The van der Waals surface area contributed by atoms with E-state index in [0.29, 0.717) is 5.92 Å². The van der Waals surface area contributed by atoms with Crippen molar-refractivity contribution >= 4 is 11.6 Å². The summed E-state index contributed by atoms with van der Waals surface area (Å²) in [6.45, 7) is 6.20. The van der Waals surface area contributed by atoms with E-state index in [9.17, 15) is 5.11 Å². The first kappa shape index (κ1) is 13.3. The predicted molar refractivity (Wildman–Crippen MR) is 67.4 cm³/mol. The maximum Gasteiger partial charge on any atom is 0.122 e. The number of aliphatic hydroxyl groups is 1. The quantitative estimate of drug-likeness (QED) is 0.877. The molecule has 1 rings (SSSR count). The van der Waals surface area contributed by atoms with Gasteiger partial charge in [-0.15, -0.1) is 0 Å². The highest BCUT2D eigenvalue weighted by molar-refractivity contribution is 6.31. The van der Waals surface area contributed by atoms with Gasteiger partial charge in [0.2, 0.25) is 0 Å². The van der Waals surface area contributed by atoms with Crippen LogP contribution < -0.4 is 4.74 Å². The topological polar surface area (TPSA) is 29.5 Å². The molecule has 0 aliphatic rings. The number of rotatable bonds is 4. The van der Waals surface area contributed by atoms with Crippen molar-refractivity contribution in [2.24, 2.45) is 5.92 Å². The minimum absolute atomic E-state index is 0.0630. The van der Waals surface area contributed by atoms with E-state index in [4.69, 9.17) is 16.3 Å². The van der Waals surface area contributed by atoms with Crippen LogP contribution >= 0.6 is 11.6 Å². The second-order valence-electron chi connectivity index (χ2n) is 4.38. The zero-order valence-electron chi connectivity index (χ0n) is 10.2. The van der Waals surface area contributed by atoms with E-state index < -0.39 is 0 Å². The lowest BCUT2D eigenvalue weighted by Gasteiger charge is -2.22. The normalized spacial score (nSPS) is 12.9. The van der Waals surface area contributed by atoms with Crippen LogP contribution in [0.25, 0.3) is 0 Å². The molecule has 0 aliphatic carbocycles. The predicted octanol–water partition coefficient (Wildman–Crippen LogP) is 3.39. The summed E-state index contributed by atoms with van der Waals surface area (Å²) >= 11 is 6.11. The Morgan fingerprint density at radius 3 is 2.44 bits per heavy atom. The first-order valence-corrected chi connectivity index (χ1v) is 5.84. The van der Waals surface area contributed by atoms with E-state index in [-0.39, 0.29) is 12.5 Å². The van der Waals surface area contributed by atoms with E-state index in [1.165, 1.54) is 0 Å². The lowest BCUT2D eigenvalue weighted by molar-refractivity contribution is 0.234. The fourth-order valence-corrected chi connectivity index (χ4v) is 1.98. The van der Waals surface area contributed by atoms with Crippen LogP contribution in [0.1, 0.15) is 30.9 Å². The molecule has 0 bridgehead atoms.